The van der Waals surface area contributed by atoms with E-state index in [0.29, 0.717) is 24.8 Å². The molecule has 4 aromatic rings. The van der Waals surface area contributed by atoms with Crippen LogP contribution in [0.15, 0.2) is 71.4 Å². The Morgan fingerprint density at radius 1 is 1.11 bits per heavy atom. The van der Waals surface area contributed by atoms with E-state index in [4.69, 9.17) is 14.3 Å². The Balaban J connectivity index is 1.70. The lowest BCUT2D eigenvalue weighted by Gasteiger charge is -2.04. The average Bonchev–Trinajstić information content (AvgIpc) is 3.27. The van der Waals surface area contributed by atoms with E-state index in [1.54, 1.807) is 0 Å². The number of oxazole rings is 1. The van der Waals surface area contributed by atoms with Crippen molar-refractivity contribution in [2.45, 2.75) is 33.4 Å². The van der Waals surface area contributed by atoms with Crippen LogP contribution in [0, 0.1) is 6.92 Å². The molecule has 28 heavy (non-hydrogen) atoms. The van der Waals surface area contributed by atoms with Crippen molar-refractivity contribution >= 4 is 10.9 Å². The van der Waals surface area contributed by atoms with E-state index in [2.05, 4.69) is 29.8 Å². The van der Waals surface area contributed by atoms with Crippen LogP contribution >= 0.6 is 0 Å². The molecule has 2 aromatic heterocycles. The van der Waals surface area contributed by atoms with Gasteiger partial charge in [0.15, 0.2) is 11.5 Å². The molecule has 0 bridgehead atoms. The zero-order valence-corrected chi connectivity index (χ0v) is 16.2. The molecule has 0 saturated heterocycles. The summed E-state index contributed by atoms with van der Waals surface area (Å²) in [7, 11) is 0. The van der Waals surface area contributed by atoms with E-state index in [0.717, 1.165) is 34.5 Å². The standard InChI is InChI=1S/C23H23N3O2/c1-4-16(2)27-15-21-17(3)24-23(28-21)22-19-12-8-9-13-20(19)26(25-22)14-18-10-6-5-7-11-18/h5-13H,2,4,14-15H2,1,3H3. The maximum absolute atomic E-state index is 6.01. The van der Waals surface area contributed by atoms with Crippen molar-refractivity contribution in [2.75, 3.05) is 0 Å². The van der Waals surface area contributed by atoms with Gasteiger partial charge in [0, 0.05) is 11.8 Å². The van der Waals surface area contributed by atoms with Crippen LogP contribution in [0.1, 0.15) is 30.4 Å². The van der Waals surface area contributed by atoms with Gasteiger partial charge >= 0.3 is 0 Å². The third kappa shape index (κ3) is 3.56. The van der Waals surface area contributed by atoms with E-state index in [-0.39, 0.29) is 0 Å². The Bertz CT molecular complexity index is 1110. The number of ether oxygens (including phenoxy) is 1. The lowest BCUT2D eigenvalue weighted by molar-refractivity contribution is 0.172. The molecule has 0 fully saturated rings. The molecule has 0 aliphatic heterocycles. The van der Waals surface area contributed by atoms with Crippen molar-refractivity contribution in [1.29, 1.82) is 0 Å². The largest absolute Gasteiger partial charge is 0.491 e. The van der Waals surface area contributed by atoms with Gasteiger partial charge in [-0.3, -0.25) is 4.68 Å². The Labute approximate surface area is 164 Å². The number of para-hydroxylation sites is 1. The molecule has 0 aliphatic rings. The molecule has 5 heteroatoms. The second-order valence-corrected chi connectivity index (χ2v) is 6.72. The molecule has 5 nitrogen and oxygen atoms in total. The van der Waals surface area contributed by atoms with Gasteiger partial charge in [0.2, 0.25) is 5.89 Å². The average molecular weight is 373 g/mol. The summed E-state index contributed by atoms with van der Waals surface area (Å²) in [6.07, 6.45) is 0.772. The number of aryl methyl sites for hydroxylation is 1. The van der Waals surface area contributed by atoms with Crippen LogP contribution in [-0.2, 0) is 17.9 Å². The summed E-state index contributed by atoms with van der Waals surface area (Å²) in [6, 6.07) is 18.4. The first-order valence-corrected chi connectivity index (χ1v) is 9.42. The highest BCUT2D eigenvalue weighted by Gasteiger charge is 2.19. The molecule has 0 atom stereocenters. The van der Waals surface area contributed by atoms with Gasteiger partial charge < -0.3 is 9.15 Å². The number of aromatic nitrogens is 3. The van der Waals surface area contributed by atoms with E-state index in [9.17, 15) is 0 Å². The van der Waals surface area contributed by atoms with Gasteiger partial charge in [0.25, 0.3) is 0 Å². The fraction of sp³-hybridized carbons (Fsp3) is 0.217. The Kier molecular flexibility index (Phi) is 4.98. The van der Waals surface area contributed by atoms with Gasteiger partial charge in [-0.05, 0) is 18.6 Å². The number of hydrogen-bond acceptors (Lipinski definition) is 4. The Morgan fingerprint density at radius 2 is 1.86 bits per heavy atom. The topological polar surface area (TPSA) is 53.1 Å². The van der Waals surface area contributed by atoms with Crippen LogP contribution in [0.5, 0.6) is 0 Å². The van der Waals surface area contributed by atoms with Crippen LogP contribution in [0.2, 0.25) is 0 Å². The molecular formula is C23H23N3O2. The zero-order chi connectivity index (χ0) is 19.5. The molecule has 0 radical (unpaired) electrons. The van der Waals surface area contributed by atoms with Gasteiger partial charge in [-0.1, -0.05) is 62.0 Å². The second kappa shape index (κ2) is 7.72. The zero-order valence-electron chi connectivity index (χ0n) is 16.2. The summed E-state index contributed by atoms with van der Waals surface area (Å²) < 4.78 is 13.6. The number of hydrogen-bond donors (Lipinski definition) is 0. The monoisotopic (exact) mass is 373 g/mol. The van der Waals surface area contributed by atoms with Crippen LogP contribution < -0.4 is 0 Å². The number of nitrogens with zero attached hydrogens (tertiary/aromatic N) is 3. The molecule has 0 N–H and O–H groups in total. The fourth-order valence-electron chi connectivity index (χ4n) is 3.10. The number of rotatable bonds is 7. The third-order valence-corrected chi connectivity index (χ3v) is 4.73. The molecule has 0 amide bonds. The smallest absolute Gasteiger partial charge is 0.248 e. The number of allylic oxidation sites excluding steroid dienone is 1. The highest BCUT2D eigenvalue weighted by molar-refractivity contribution is 5.91. The molecule has 0 saturated carbocycles. The lowest BCUT2D eigenvalue weighted by Crippen LogP contribution is -2.01. The molecule has 0 aliphatic carbocycles. The van der Waals surface area contributed by atoms with Gasteiger partial charge in [0.1, 0.15) is 6.61 Å². The fourth-order valence-corrected chi connectivity index (χ4v) is 3.10. The molecular weight excluding hydrogens is 350 g/mol. The van der Waals surface area contributed by atoms with Crippen molar-refractivity contribution in [2.24, 2.45) is 0 Å². The SMILES string of the molecule is C=C(CC)OCc1oc(-c2nn(Cc3ccccc3)c3ccccc23)nc1C. The molecule has 2 heterocycles. The summed E-state index contributed by atoms with van der Waals surface area (Å²) in [4.78, 5) is 4.60. The van der Waals surface area contributed by atoms with Crippen molar-refractivity contribution in [3.05, 3.63) is 84.0 Å². The van der Waals surface area contributed by atoms with Gasteiger partial charge in [0.05, 0.1) is 23.5 Å². The molecule has 2 aromatic carbocycles. The first kappa shape index (κ1) is 18.0. The maximum atomic E-state index is 6.01. The third-order valence-electron chi connectivity index (χ3n) is 4.73. The van der Waals surface area contributed by atoms with Crippen LogP contribution in [0.4, 0.5) is 0 Å². The predicted octanol–water partition coefficient (Wildman–Crippen LogP) is 5.49. The second-order valence-electron chi connectivity index (χ2n) is 6.72. The highest BCUT2D eigenvalue weighted by atomic mass is 16.5. The van der Waals surface area contributed by atoms with E-state index < -0.39 is 0 Å². The first-order valence-electron chi connectivity index (χ1n) is 9.42. The minimum absolute atomic E-state index is 0.328. The van der Waals surface area contributed by atoms with Crippen molar-refractivity contribution in [3.8, 4) is 11.6 Å². The molecule has 142 valence electrons. The first-order chi connectivity index (χ1) is 13.7. The maximum Gasteiger partial charge on any atom is 0.248 e. The summed E-state index contributed by atoms with van der Waals surface area (Å²) >= 11 is 0. The van der Waals surface area contributed by atoms with Crippen LogP contribution in [0.3, 0.4) is 0 Å². The number of fused-ring (bicyclic) bond motifs is 1. The Hall–Kier alpha value is -3.34. The van der Waals surface area contributed by atoms with Gasteiger partial charge in [-0.2, -0.15) is 5.10 Å². The summed E-state index contributed by atoms with van der Waals surface area (Å²) in [5.74, 6) is 1.95. The summed E-state index contributed by atoms with van der Waals surface area (Å²) in [5.41, 5.74) is 3.79. The van der Waals surface area contributed by atoms with Crippen molar-refractivity contribution in [1.82, 2.24) is 14.8 Å². The molecule has 0 unspecified atom stereocenters. The summed E-state index contributed by atoms with van der Waals surface area (Å²) in [6.45, 7) is 8.81. The lowest BCUT2D eigenvalue weighted by atomic mass is 10.2. The van der Waals surface area contributed by atoms with E-state index in [1.165, 1.54) is 5.56 Å². The van der Waals surface area contributed by atoms with E-state index in [1.807, 2.05) is 54.9 Å². The predicted molar refractivity (Wildman–Crippen MR) is 110 cm³/mol. The summed E-state index contributed by atoms with van der Waals surface area (Å²) in [5, 5.41) is 5.84. The quantitative estimate of drug-likeness (QED) is 0.402. The van der Waals surface area contributed by atoms with Gasteiger partial charge in [-0.25, -0.2) is 4.98 Å². The van der Waals surface area contributed by atoms with Crippen LogP contribution in [-0.4, -0.2) is 14.8 Å². The Morgan fingerprint density at radius 3 is 2.64 bits per heavy atom. The van der Waals surface area contributed by atoms with Gasteiger partial charge in [-0.15, -0.1) is 0 Å². The highest BCUT2D eigenvalue weighted by Crippen LogP contribution is 2.29. The normalized spacial score (nSPS) is 11.1. The number of benzene rings is 2. The minimum Gasteiger partial charge on any atom is -0.491 e. The van der Waals surface area contributed by atoms with Crippen molar-refractivity contribution < 1.29 is 9.15 Å². The minimum atomic E-state index is 0.328. The molecule has 4 rings (SSSR count). The van der Waals surface area contributed by atoms with Crippen molar-refractivity contribution in [3.63, 3.8) is 0 Å². The van der Waals surface area contributed by atoms with E-state index >= 15 is 0 Å². The molecule has 0 spiro atoms. The van der Waals surface area contributed by atoms with Crippen LogP contribution in [0.25, 0.3) is 22.5 Å².